The Morgan fingerprint density at radius 3 is 2.40 bits per heavy atom. The molecule has 0 fully saturated rings. The van der Waals surface area contributed by atoms with E-state index in [0.29, 0.717) is 0 Å². The molecule has 0 atom stereocenters. The summed E-state index contributed by atoms with van der Waals surface area (Å²) in [7, 11) is 0. The molecular formula is C8H11N5O2. The highest BCUT2D eigenvalue weighted by Crippen LogP contribution is 2.29. The third-order valence-corrected chi connectivity index (χ3v) is 1.44. The molecule has 1 aromatic rings. The largest absolute Gasteiger partial charge is 0.508 e. The first kappa shape index (κ1) is 10.6. The minimum absolute atomic E-state index is 0.0518. The second-order valence-electron chi connectivity index (χ2n) is 2.68. The molecule has 0 saturated heterocycles. The van der Waals surface area contributed by atoms with Gasteiger partial charge in [0.2, 0.25) is 5.96 Å². The highest BCUT2D eigenvalue weighted by molar-refractivity contribution is 5.93. The molecule has 0 saturated carbocycles. The summed E-state index contributed by atoms with van der Waals surface area (Å²) < 4.78 is 0. The quantitative estimate of drug-likeness (QED) is 0.236. The number of aliphatic imine (C=N–C) groups is 2. The van der Waals surface area contributed by atoms with Crippen molar-refractivity contribution < 1.29 is 10.2 Å². The van der Waals surface area contributed by atoms with Crippen LogP contribution in [0, 0.1) is 0 Å². The van der Waals surface area contributed by atoms with Gasteiger partial charge in [0.05, 0.1) is 0 Å². The maximum atomic E-state index is 9.33. The van der Waals surface area contributed by atoms with Crippen LogP contribution < -0.4 is 17.2 Å². The summed E-state index contributed by atoms with van der Waals surface area (Å²) in [5.74, 6) is -0.641. The predicted molar refractivity (Wildman–Crippen MR) is 56.9 cm³/mol. The molecule has 0 aliphatic carbocycles. The van der Waals surface area contributed by atoms with Crippen LogP contribution in [-0.2, 0) is 0 Å². The van der Waals surface area contributed by atoms with E-state index in [-0.39, 0.29) is 29.1 Å². The Morgan fingerprint density at radius 1 is 1.13 bits per heavy atom. The zero-order chi connectivity index (χ0) is 11.4. The van der Waals surface area contributed by atoms with Gasteiger partial charge in [-0.25, -0.2) is 4.99 Å². The lowest BCUT2D eigenvalue weighted by Gasteiger charge is -2.00. The lowest BCUT2D eigenvalue weighted by atomic mass is 10.3. The van der Waals surface area contributed by atoms with E-state index in [1.165, 1.54) is 18.2 Å². The number of nitrogens with zero attached hydrogens (tertiary/aromatic N) is 2. The number of benzene rings is 1. The zero-order valence-corrected chi connectivity index (χ0v) is 7.75. The lowest BCUT2D eigenvalue weighted by molar-refractivity contribution is 0.461. The summed E-state index contributed by atoms with van der Waals surface area (Å²) in [5, 5.41) is 18.5. The Bertz CT molecular complexity index is 423. The molecule has 0 heterocycles. The van der Waals surface area contributed by atoms with E-state index >= 15 is 0 Å². The van der Waals surface area contributed by atoms with Gasteiger partial charge in [-0.2, -0.15) is 4.99 Å². The van der Waals surface area contributed by atoms with Gasteiger partial charge < -0.3 is 27.4 Å². The molecule has 7 nitrogen and oxygen atoms in total. The molecule has 7 heteroatoms. The van der Waals surface area contributed by atoms with Crippen molar-refractivity contribution >= 4 is 17.6 Å². The summed E-state index contributed by atoms with van der Waals surface area (Å²) in [5.41, 5.74) is 15.6. The van der Waals surface area contributed by atoms with Crippen molar-refractivity contribution in [1.82, 2.24) is 0 Å². The Labute approximate surface area is 85.6 Å². The van der Waals surface area contributed by atoms with Gasteiger partial charge in [0.15, 0.2) is 5.96 Å². The Balaban J connectivity index is 3.07. The van der Waals surface area contributed by atoms with Gasteiger partial charge in [-0.1, -0.05) is 0 Å². The summed E-state index contributed by atoms with van der Waals surface area (Å²) in [6.45, 7) is 0. The van der Waals surface area contributed by atoms with Gasteiger partial charge in [0.25, 0.3) is 0 Å². The molecule has 1 aromatic carbocycles. The lowest BCUT2D eigenvalue weighted by Crippen LogP contribution is -2.26. The Hall–Kier alpha value is -2.44. The van der Waals surface area contributed by atoms with Crippen LogP contribution in [0.4, 0.5) is 5.69 Å². The Kier molecular flexibility index (Phi) is 2.97. The van der Waals surface area contributed by atoms with E-state index in [1.807, 2.05) is 0 Å². The average molecular weight is 209 g/mol. The van der Waals surface area contributed by atoms with Crippen LogP contribution in [0.3, 0.4) is 0 Å². The summed E-state index contributed by atoms with van der Waals surface area (Å²) >= 11 is 0. The maximum absolute atomic E-state index is 9.33. The van der Waals surface area contributed by atoms with Crippen molar-refractivity contribution in [3.63, 3.8) is 0 Å². The molecule has 0 aromatic heterocycles. The fourth-order valence-electron chi connectivity index (χ4n) is 0.882. The minimum Gasteiger partial charge on any atom is -0.508 e. The van der Waals surface area contributed by atoms with Crippen molar-refractivity contribution in [2.24, 2.45) is 27.2 Å². The predicted octanol–water partition coefficient (Wildman–Crippen LogP) is -0.683. The van der Waals surface area contributed by atoms with Gasteiger partial charge in [-0.05, 0) is 12.1 Å². The number of hydrogen-bond donors (Lipinski definition) is 5. The molecule has 0 bridgehead atoms. The third-order valence-electron chi connectivity index (χ3n) is 1.44. The van der Waals surface area contributed by atoms with Crippen molar-refractivity contribution in [3.8, 4) is 11.5 Å². The topological polar surface area (TPSA) is 143 Å². The molecule has 80 valence electrons. The molecule has 8 N–H and O–H groups in total. The SMILES string of the molecule is NC(N)=NC(N)=Nc1cc(O)ccc1O. The van der Waals surface area contributed by atoms with Crippen molar-refractivity contribution in [2.45, 2.75) is 0 Å². The normalized spacial score (nSPS) is 11.1. The van der Waals surface area contributed by atoms with Gasteiger partial charge in [-0.3, -0.25) is 0 Å². The van der Waals surface area contributed by atoms with Crippen LogP contribution in [0.15, 0.2) is 28.2 Å². The first-order valence-corrected chi connectivity index (χ1v) is 3.95. The van der Waals surface area contributed by atoms with Crippen LogP contribution in [0.5, 0.6) is 11.5 Å². The molecule has 0 unspecified atom stereocenters. The molecule has 0 aliphatic rings. The number of phenolic OH excluding ortho intramolecular Hbond substituents is 2. The molecule has 0 spiro atoms. The minimum atomic E-state index is -0.240. The number of nitrogens with two attached hydrogens (primary N) is 3. The number of hydrogen-bond acceptors (Lipinski definition) is 3. The second kappa shape index (κ2) is 4.18. The van der Waals surface area contributed by atoms with Crippen LogP contribution in [0.2, 0.25) is 0 Å². The number of guanidine groups is 2. The standard InChI is InChI=1S/C8H11N5O2/c9-7(10)13-8(11)12-5-3-4(14)1-2-6(5)15/h1-3,14-15H,(H6,9,10,11,12,13). The van der Waals surface area contributed by atoms with Crippen LogP contribution >= 0.6 is 0 Å². The Morgan fingerprint density at radius 2 is 1.80 bits per heavy atom. The number of rotatable bonds is 1. The van der Waals surface area contributed by atoms with Gasteiger partial charge in [-0.15, -0.1) is 0 Å². The van der Waals surface area contributed by atoms with E-state index in [4.69, 9.17) is 22.3 Å². The van der Waals surface area contributed by atoms with Crippen LogP contribution in [-0.4, -0.2) is 22.1 Å². The molecule has 1 rings (SSSR count). The molecule has 0 amide bonds. The van der Waals surface area contributed by atoms with E-state index in [9.17, 15) is 5.11 Å². The highest BCUT2D eigenvalue weighted by Gasteiger charge is 2.01. The van der Waals surface area contributed by atoms with Crippen LogP contribution in [0.1, 0.15) is 0 Å². The third kappa shape index (κ3) is 3.07. The average Bonchev–Trinajstić information content (AvgIpc) is 2.10. The van der Waals surface area contributed by atoms with Crippen LogP contribution in [0.25, 0.3) is 0 Å². The first-order valence-electron chi connectivity index (χ1n) is 3.95. The van der Waals surface area contributed by atoms with E-state index in [2.05, 4.69) is 9.98 Å². The van der Waals surface area contributed by atoms with Crippen molar-refractivity contribution in [1.29, 1.82) is 0 Å². The van der Waals surface area contributed by atoms with E-state index in [1.54, 1.807) is 0 Å². The van der Waals surface area contributed by atoms with Crippen molar-refractivity contribution in [3.05, 3.63) is 18.2 Å². The van der Waals surface area contributed by atoms with Gasteiger partial charge in [0, 0.05) is 6.07 Å². The second-order valence-corrected chi connectivity index (χ2v) is 2.68. The highest BCUT2D eigenvalue weighted by atomic mass is 16.3. The maximum Gasteiger partial charge on any atom is 0.223 e. The van der Waals surface area contributed by atoms with Gasteiger partial charge in [0.1, 0.15) is 17.2 Å². The van der Waals surface area contributed by atoms with E-state index < -0.39 is 0 Å². The monoisotopic (exact) mass is 209 g/mol. The summed E-state index contributed by atoms with van der Waals surface area (Å²) in [6, 6.07) is 3.81. The van der Waals surface area contributed by atoms with E-state index in [0.717, 1.165) is 0 Å². The molecular weight excluding hydrogens is 198 g/mol. The molecule has 15 heavy (non-hydrogen) atoms. The van der Waals surface area contributed by atoms with Gasteiger partial charge >= 0.3 is 0 Å². The number of aromatic hydroxyl groups is 2. The molecule has 0 aliphatic heterocycles. The first-order chi connectivity index (χ1) is 6.99. The zero-order valence-electron chi connectivity index (χ0n) is 7.75. The summed E-state index contributed by atoms with van der Waals surface area (Å²) in [6.07, 6.45) is 0. The number of phenols is 2. The van der Waals surface area contributed by atoms with Crippen molar-refractivity contribution in [2.75, 3.05) is 0 Å². The fraction of sp³-hybridized carbons (Fsp3) is 0. The summed E-state index contributed by atoms with van der Waals surface area (Å²) in [4.78, 5) is 7.15. The smallest absolute Gasteiger partial charge is 0.223 e. The fourth-order valence-corrected chi connectivity index (χ4v) is 0.882. The molecule has 0 radical (unpaired) electrons.